The van der Waals surface area contributed by atoms with Crippen LogP contribution in [0, 0.1) is 17.8 Å². The van der Waals surface area contributed by atoms with Gasteiger partial charge in [0.2, 0.25) is 5.91 Å². The van der Waals surface area contributed by atoms with Crippen LogP contribution in [0.3, 0.4) is 0 Å². The lowest BCUT2D eigenvalue weighted by Crippen LogP contribution is -2.25. The third-order valence-corrected chi connectivity index (χ3v) is 3.61. The standard InChI is InChI=1S/C23H25NO/c1-19(2)18-24-23(25)13-9-4-3-6-10-20-14-16-22(17-15-20)21-11-7-5-8-12-21/h5,7-9,11-17,19H,3-4,18H2,1-2H3,(H,24,25). The number of amides is 1. The van der Waals surface area contributed by atoms with E-state index in [-0.39, 0.29) is 5.91 Å². The zero-order valence-electron chi connectivity index (χ0n) is 15.0. The second kappa shape index (κ2) is 10.2. The van der Waals surface area contributed by atoms with Crippen molar-refractivity contribution in [3.63, 3.8) is 0 Å². The molecule has 1 amide bonds. The highest BCUT2D eigenvalue weighted by Gasteiger charge is 1.97. The predicted molar refractivity (Wildman–Crippen MR) is 105 cm³/mol. The quantitative estimate of drug-likeness (QED) is 0.459. The van der Waals surface area contributed by atoms with Crippen LogP contribution in [0.25, 0.3) is 11.1 Å². The van der Waals surface area contributed by atoms with Crippen molar-refractivity contribution in [3.05, 3.63) is 72.3 Å². The SMILES string of the molecule is CC(C)CNC(=O)C=CCCC#Cc1ccc(-c2ccccc2)cc1. The van der Waals surface area contributed by atoms with Crippen molar-refractivity contribution in [3.8, 4) is 23.0 Å². The molecule has 25 heavy (non-hydrogen) atoms. The Kier molecular flexibility index (Phi) is 7.53. The van der Waals surface area contributed by atoms with Gasteiger partial charge in [-0.2, -0.15) is 0 Å². The number of carbonyl (C=O) groups is 1. The zero-order valence-corrected chi connectivity index (χ0v) is 15.0. The van der Waals surface area contributed by atoms with Gasteiger partial charge in [0.1, 0.15) is 0 Å². The molecule has 0 unspecified atom stereocenters. The minimum atomic E-state index is -0.0295. The normalized spacial score (nSPS) is 10.5. The van der Waals surface area contributed by atoms with Gasteiger partial charge in [-0.15, -0.1) is 0 Å². The number of hydrogen-bond donors (Lipinski definition) is 1. The number of unbranched alkanes of at least 4 members (excludes halogenated alkanes) is 1. The highest BCUT2D eigenvalue weighted by atomic mass is 16.1. The van der Waals surface area contributed by atoms with Crippen LogP contribution < -0.4 is 5.32 Å². The summed E-state index contributed by atoms with van der Waals surface area (Å²) < 4.78 is 0. The first-order chi connectivity index (χ1) is 12.1. The van der Waals surface area contributed by atoms with Crippen LogP contribution in [0.1, 0.15) is 32.3 Å². The van der Waals surface area contributed by atoms with Gasteiger partial charge < -0.3 is 5.32 Å². The largest absolute Gasteiger partial charge is 0.352 e. The van der Waals surface area contributed by atoms with Gasteiger partial charge in [0.25, 0.3) is 0 Å². The summed E-state index contributed by atoms with van der Waals surface area (Å²) in [5, 5.41) is 2.86. The average molecular weight is 331 g/mol. The smallest absolute Gasteiger partial charge is 0.243 e. The lowest BCUT2D eigenvalue weighted by molar-refractivity contribution is -0.116. The van der Waals surface area contributed by atoms with Crippen molar-refractivity contribution in [2.45, 2.75) is 26.7 Å². The molecule has 0 bridgehead atoms. The predicted octanol–water partition coefficient (Wildman–Crippen LogP) is 4.81. The molecule has 0 radical (unpaired) electrons. The fourth-order valence-corrected chi connectivity index (χ4v) is 2.25. The second-order valence-electron chi connectivity index (χ2n) is 6.33. The lowest BCUT2D eigenvalue weighted by atomic mass is 10.0. The number of nitrogens with one attached hydrogen (secondary N) is 1. The summed E-state index contributed by atoms with van der Waals surface area (Å²) >= 11 is 0. The molecule has 2 nitrogen and oxygen atoms in total. The van der Waals surface area contributed by atoms with Gasteiger partial charge in [-0.25, -0.2) is 0 Å². The molecule has 1 N–H and O–H groups in total. The molecule has 2 aromatic rings. The van der Waals surface area contributed by atoms with Gasteiger partial charge in [0.05, 0.1) is 0 Å². The second-order valence-corrected chi connectivity index (χ2v) is 6.33. The van der Waals surface area contributed by atoms with Gasteiger partial charge in [0, 0.05) is 18.5 Å². The third-order valence-electron chi connectivity index (χ3n) is 3.61. The maximum Gasteiger partial charge on any atom is 0.243 e. The first kappa shape index (κ1) is 18.5. The van der Waals surface area contributed by atoms with Crippen LogP contribution in [0.4, 0.5) is 0 Å². The van der Waals surface area contributed by atoms with Gasteiger partial charge in [-0.05, 0) is 41.7 Å². The van der Waals surface area contributed by atoms with Crippen LogP contribution in [-0.4, -0.2) is 12.5 Å². The number of hydrogen-bond acceptors (Lipinski definition) is 1. The van der Waals surface area contributed by atoms with Crippen molar-refractivity contribution in [1.82, 2.24) is 5.32 Å². The first-order valence-corrected chi connectivity index (χ1v) is 8.74. The van der Waals surface area contributed by atoms with E-state index in [1.54, 1.807) is 6.08 Å². The molecule has 0 aliphatic heterocycles. The Bertz CT molecular complexity index is 746. The third kappa shape index (κ3) is 7.10. The van der Waals surface area contributed by atoms with E-state index in [1.165, 1.54) is 11.1 Å². The van der Waals surface area contributed by atoms with Crippen LogP contribution >= 0.6 is 0 Å². The molecule has 0 aromatic heterocycles. The van der Waals surface area contributed by atoms with E-state index in [4.69, 9.17) is 0 Å². The lowest BCUT2D eigenvalue weighted by Gasteiger charge is -2.03. The van der Waals surface area contributed by atoms with E-state index in [0.29, 0.717) is 12.5 Å². The Morgan fingerprint density at radius 1 is 1.04 bits per heavy atom. The van der Waals surface area contributed by atoms with E-state index in [2.05, 4.69) is 55.3 Å². The van der Waals surface area contributed by atoms with Gasteiger partial charge >= 0.3 is 0 Å². The molecule has 0 saturated heterocycles. The summed E-state index contributed by atoms with van der Waals surface area (Å²) in [4.78, 5) is 11.5. The summed E-state index contributed by atoms with van der Waals surface area (Å²) in [6.07, 6.45) is 5.00. The molecule has 2 heteroatoms. The van der Waals surface area contributed by atoms with Crippen LogP contribution in [0.15, 0.2) is 66.7 Å². The average Bonchev–Trinajstić information content (AvgIpc) is 2.64. The minimum Gasteiger partial charge on any atom is -0.352 e. The van der Waals surface area contributed by atoms with Crippen molar-refractivity contribution >= 4 is 5.91 Å². The summed E-state index contributed by atoms with van der Waals surface area (Å²) in [5.74, 6) is 6.76. The van der Waals surface area contributed by atoms with E-state index in [9.17, 15) is 4.79 Å². The van der Waals surface area contributed by atoms with E-state index in [1.807, 2.05) is 36.4 Å². The molecule has 2 aromatic carbocycles. The van der Waals surface area contributed by atoms with Gasteiger partial charge in [-0.3, -0.25) is 4.79 Å². The maximum atomic E-state index is 11.5. The molecular formula is C23H25NO. The topological polar surface area (TPSA) is 29.1 Å². The Morgan fingerprint density at radius 3 is 2.40 bits per heavy atom. The molecule has 0 aliphatic carbocycles. The summed E-state index contributed by atoms with van der Waals surface area (Å²) in [7, 11) is 0. The van der Waals surface area contributed by atoms with Crippen molar-refractivity contribution < 1.29 is 4.79 Å². The van der Waals surface area contributed by atoms with Crippen LogP contribution in [-0.2, 0) is 4.79 Å². The fraction of sp³-hybridized carbons (Fsp3) is 0.261. The molecular weight excluding hydrogens is 306 g/mol. The maximum absolute atomic E-state index is 11.5. The molecule has 0 fully saturated rings. The van der Waals surface area contributed by atoms with Crippen LogP contribution in [0.5, 0.6) is 0 Å². The van der Waals surface area contributed by atoms with Gasteiger partial charge in [-0.1, -0.05) is 74.2 Å². The molecule has 0 aliphatic rings. The molecule has 128 valence electrons. The fourth-order valence-electron chi connectivity index (χ4n) is 2.25. The van der Waals surface area contributed by atoms with Crippen LogP contribution in [0.2, 0.25) is 0 Å². The first-order valence-electron chi connectivity index (χ1n) is 8.74. The van der Waals surface area contributed by atoms with E-state index >= 15 is 0 Å². The molecule has 0 atom stereocenters. The van der Waals surface area contributed by atoms with E-state index < -0.39 is 0 Å². The number of benzene rings is 2. The van der Waals surface area contributed by atoms with E-state index in [0.717, 1.165) is 18.4 Å². The summed E-state index contributed by atoms with van der Waals surface area (Å²) in [6.45, 7) is 4.86. The molecule has 2 rings (SSSR count). The number of carbonyl (C=O) groups excluding carboxylic acids is 1. The van der Waals surface area contributed by atoms with Gasteiger partial charge in [0.15, 0.2) is 0 Å². The Hall–Kier alpha value is -2.79. The number of rotatable bonds is 6. The highest BCUT2D eigenvalue weighted by Crippen LogP contribution is 2.18. The molecule has 0 saturated carbocycles. The Morgan fingerprint density at radius 2 is 1.72 bits per heavy atom. The molecule has 0 spiro atoms. The highest BCUT2D eigenvalue weighted by molar-refractivity contribution is 5.87. The van der Waals surface area contributed by atoms with Crippen molar-refractivity contribution in [1.29, 1.82) is 0 Å². The van der Waals surface area contributed by atoms with Crippen molar-refractivity contribution in [2.24, 2.45) is 5.92 Å². The zero-order chi connectivity index (χ0) is 17.9. The summed E-state index contributed by atoms with van der Waals surface area (Å²) in [6, 6.07) is 18.6. The Labute approximate surface area is 151 Å². The summed E-state index contributed by atoms with van der Waals surface area (Å²) in [5.41, 5.74) is 3.42. The number of allylic oxidation sites excluding steroid dienone is 1. The monoisotopic (exact) mass is 331 g/mol. The molecule has 0 heterocycles. The minimum absolute atomic E-state index is 0.0295. The van der Waals surface area contributed by atoms with Crippen molar-refractivity contribution in [2.75, 3.05) is 6.54 Å². The Balaban J connectivity index is 1.77.